The lowest BCUT2D eigenvalue weighted by Crippen LogP contribution is -2.44. The molecule has 1 heterocycles. The molecule has 8 heteroatoms. The number of halogens is 1. The first-order valence-electron chi connectivity index (χ1n) is 10.0. The van der Waals surface area contributed by atoms with Crippen LogP contribution in [-0.4, -0.2) is 50.3 Å². The maximum Gasteiger partial charge on any atom is 0.243 e. The molecule has 1 aliphatic rings. The van der Waals surface area contributed by atoms with Crippen LogP contribution >= 0.6 is 0 Å². The molecule has 6 nitrogen and oxygen atoms in total. The van der Waals surface area contributed by atoms with Gasteiger partial charge in [0.15, 0.2) is 0 Å². The number of ether oxygens (including phenoxy) is 1. The summed E-state index contributed by atoms with van der Waals surface area (Å²) in [4.78, 5) is 14.9. The van der Waals surface area contributed by atoms with Crippen LogP contribution in [0, 0.1) is 11.7 Å². The van der Waals surface area contributed by atoms with Gasteiger partial charge >= 0.3 is 0 Å². The van der Waals surface area contributed by atoms with Gasteiger partial charge in [0.1, 0.15) is 11.6 Å². The van der Waals surface area contributed by atoms with Gasteiger partial charge in [-0.05, 0) is 61.7 Å². The zero-order valence-corrected chi connectivity index (χ0v) is 18.1. The molecule has 0 aliphatic carbocycles. The zero-order chi connectivity index (χ0) is 21.7. The Balaban J connectivity index is 1.62. The van der Waals surface area contributed by atoms with Crippen molar-refractivity contribution in [2.45, 2.75) is 31.2 Å². The maximum absolute atomic E-state index is 13.4. The minimum atomic E-state index is -3.60. The number of benzene rings is 2. The van der Waals surface area contributed by atoms with Gasteiger partial charge in [-0.2, -0.15) is 4.31 Å². The van der Waals surface area contributed by atoms with Crippen molar-refractivity contribution in [3.63, 3.8) is 0 Å². The summed E-state index contributed by atoms with van der Waals surface area (Å²) >= 11 is 0. The van der Waals surface area contributed by atoms with E-state index in [0.29, 0.717) is 44.8 Å². The van der Waals surface area contributed by atoms with Crippen molar-refractivity contribution >= 4 is 15.9 Å². The number of piperidine rings is 1. The minimum Gasteiger partial charge on any atom is -0.497 e. The lowest BCUT2D eigenvalue weighted by atomic mass is 9.96. The molecule has 0 spiro atoms. The number of carbonyl (C=O) groups excluding carboxylic acids is 1. The van der Waals surface area contributed by atoms with E-state index in [0.717, 1.165) is 5.56 Å². The molecule has 2 aromatic carbocycles. The van der Waals surface area contributed by atoms with Crippen LogP contribution in [0.3, 0.4) is 0 Å². The fraction of sp³-hybridized carbons (Fsp3) is 0.409. The maximum atomic E-state index is 13.4. The van der Waals surface area contributed by atoms with Crippen LogP contribution in [0.25, 0.3) is 0 Å². The Hall–Kier alpha value is -2.45. The zero-order valence-electron chi connectivity index (χ0n) is 17.3. The third-order valence-electron chi connectivity index (χ3n) is 5.46. The first-order valence-corrected chi connectivity index (χ1v) is 11.5. The van der Waals surface area contributed by atoms with E-state index in [9.17, 15) is 17.6 Å². The van der Waals surface area contributed by atoms with Gasteiger partial charge in [-0.1, -0.05) is 12.1 Å². The molecule has 1 saturated heterocycles. The second kappa shape index (κ2) is 9.57. The lowest BCUT2D eigenvalue weighted by Gasteiger charge is -2.33. The third kappa shape index (κ3) is 4.99. The van der Waals surface area contributed by atoms with Gasteiger partial charge in [0, 0.05) is 32.1 Å². The van der Waals surface area contributed by atoms with E-state index in [1.807, 2.05) is 6.92 Å². The number of sulfonamides is 1. The Kier molecular flexibility index (Phi) is 7.10. The fourth-order valence-electron chi connectivity index (χ4n) is 3.70. The van der Waals surface area contributed by atoms with Gasteiger partial charge in [0.25, 0.3) is 0 Å². The SMILES string of the molecule is CCN(Cc1cccc(F)c1)C(=O)C1CCN(S(=O)(=O)c2ccc(OC)cc2)CC1. The molecule has 3 rings (SSSR count). The Morgan fingerprint density at radius 1 is 1.17 bits per heavy atom. The third-order valence-corrected chi connectivity index (χ3v) is 7.37. The Morgan fingerprint density at radius 3 is 2.40 bits per heavy atom. The van der Waals surface area contributed by atoms with E-state index >= 15 is 0 Å². The van der Waals surface area contributed by atoms with E-state index in [4.69, 9.17) is 4.74 Å². The molecule has 0 atom stereocenters. The van der Waals surface area contributed by atoms with E-state index in [-0.39, 0.29) is 22.5 Å². The Labute approximate surface area is 177 Å². The average Bonchev–Trinajstić information content (AvgIpc) is 2.77. The molecule has 0 saturated carbocycles. The predicted octanol–water partition coefficient (Wildman–Crippen LogP) is 3.28. The molecule has 0 radical (unpaired) electrons. The van der Waals surface area contributed by atoms with Crippen LogP contribution < -0.4 is 4.74 Å². The van der Waals surface area contributed by atoms with Crippen LogP contribution in [0.1, 0.15) is 25.3 Å². The van der Waals surface area contributed by atoms with Crippen molar-refractivity contribution in [1.82, 2.24) is 9.21 Å². The fourth-order valence-corrected chi connectivity index (χ4v) is 5.17. The number of hydrogen-bond acceptors (Lipinski definition) is 4. The smallest absolute Gasteiger partial charge is 0.243 e. The van der Waals surface area contributed by atoms with Crippen molar-refractivity contribution in [3.8, 4) is 5.75 Å². The summed E-state index contributed by atoms with van der Waals surface area (Å²) in [6.07, 6.45) is 0.932. The van der Waals surface area contributed by atoms with E-state index in [1.54, 1.807) is 29.2 Å². The Morgan fingerprint density at radius 2 is 1.83 bits per heavy atom. The summed E-state index contributed by atoms with van der Waals surface area (Å²) in [5, 5.41) is 0. The molecule has 0 aromatic heterocycles. The van der Waals surface area contributed by atoms with Gasteiger partial charge in [-0.3, -0.25) is 4.79 Å². The van der Waals surface area contributed by atoms with Crippen molar-refractivity contribution in [2.24, 2.45) is 5.92 Å². The summed E-state index contributed by atoms with van der Waals surface area (Å²) < 4.78 is 45.7. The summed E-state index contributed by atoms with van der Waals surface area (Å²) in [7, 11) is -2.08. The topological polar surface area (TPSA) is 66.9 Å². The summed E-state index contributed by atoms with van der Waals surface area (Å²) in [6, 6.07) is 12.5. The van der Waals surface area contributed by atoms with Gasteiger partial charge in [0.2, 0.25) is 15.9 Å². The molecular weight excluding hydrogens is 407 g/mol. The van der Waals surface area contributed by atoms with Gasteiger partial charge in [-0.25, -0.2) is 12.8 Å². The van der Waals surface area contributed by atoms with Crippen LogP contribution in [0.4, 0.5) is 4.39 Å². The molecule has 0 N–H and O–H groups in total. The highest BCUT2D eigenvalue weighted by molar-refractivity contribution is 7.89. The first-order chi connectivity index (χ1) is 14.3. The number of amides is 1. The standard InChI is InChI=1S/C22H27FN2O4S/c1-3-24(16-17-5-4-6-19(23)15-17)22(26)18-11-13-25(14-12-18)30(27,28)21-9-7-20(29-2)8-10-21/h4-10,15,18H,3,11-14,16H2,1-2H3. The highest BCUT2D eigenvalue weighted by Gasteiger charge is 2.33. The average molecular weight is 435 g/mol. The van der Waals surface area contributed by atoms with Crippen molar-refractivity contribution in [3.05, 3.63) is 59.9 Å². The highest BCUT2D eigenvalue weighted by Crippen LogP contribution is 2.26. The molecule has 0 unspecified atom stereocenters. The van der Waals surface area contributed by atoms with Crippen LogP contribution in [0.5, 0.6) is 5.75 Å². The molecule has 1 amide bonds. The Bertz CT molecular complexity index is 971. The van der Waals surface area contributed by atoms with Crippen LogP contribution in [-0.2, 0) is 21.4 Å². The number of carbonyl (C=O) groups is 1. The van der Waals surface area contributed by atoms with E-state index < -0.39 is 10.0 Å². The second-order valence-electron chi connectivity index (χ2n) is 7.34. The number of hydrogen-bond donors (Lipinski definition) is 0. The quantitative estimate of drug-likeness (QED) is 0.671. The van der Waals surface area contributed by atoms with E-state index in [2.05, 4.69) is 0 Å². The van der Waals surface area contributed by atoms with Crippen molar-refractivity contribution < 1.29 is 22.3 Å². The van der Waals surface area contributed by atoms with Crippen molar-refractivity contribution in [2.75, 3.05) is 26.7 Å². The number of rotatable bonds is 7. The molecule has 1 aliphatic heterocycles. The minimum absolute atomic E-state index is 0.0109. The van der Waals surface area contributed by atoms with E-state index in [1.165, 1.54) is 35.7 Å². The monoisotopic (exact) mass is 434 g/mol. The van der Waals surface area contributed by atoms with Gasteiger partial charge in [0.05, 0.1) is 12.0 Å². The normalized spacial score (nSPS) is 15.7. The first kappa shape index (κ1) is 22.2. The van der Waals surface area contributed by atoms with Gasteiger partial charge < -0.3 is 9.64 Å². The summed E-state index contributed by atoms with van der Waals surface area (Å²) in [5.74, 6) is 0.0216. The molecular formula is C22H27FN2O4S. The predicted molar refractivity (Wildman–Crippen MR) is 112 cm³/mol. The largest absolute Gasteiger partial charge is 0.497 e. The van der Waals surface area contributed by atoms with Crippen LogP contribution in [0.15, 0.2) is 53.4 Å². The number of methoxy groups -OCH3 is 1. The molecule has 0 bridgehead atoms. The summed E-state index contributed by atoms with van der Waals surface area (Å²) in [6.45, 7) is 3.34. The lowest BCUT2D eigenvalue weighted by molar-refractivity contribution is -0.137. The number of nitrogens with zero attached hydrogens (tertiary/aromatic N) is 2. The molecule has 162 valence electrons. The molecule has 1 fully saturated rings. The van der Waals surface area contributed by atoms with Crippen molar-refractivity contribution in [1.29, 1.82) is 0 Å². The highest BCUT2D eigenvalue weighted by atomic mass is 32.2. The second-order valence-corrected chi connectivity index (χ2v) is 9.27. The molecule has 2 aromatic rings. The molecule has 30 heavy (non-hydrogen) atoms. The van der Waals surface area contributed by atoms with Gasteiger partial charge in [-0.15, -0.1) is 0 Å². The van der Waals surface area contributed by atoms with Crippen LogP contribution in [0.2, 0.25) is 0 Å². The summed E-state index contributed by atoms with van der Waals surface area (Å²) in [5.41, 5.74) is 0.740.